The van der Waals surface area contributed by atoms with E-state index in [9.17, 15) is 4.79 Å². The van der Waals surface area contributed by atoms with Gasteiger partial charge in [-0.25, -0.2) is 4.79 Å². The van der Waals surface area contributed by atoms with Gasteiger partial charge in [-0.15, -0.1) is 0 Å². The summed E-state index contributed by atoms with van der Waals surface area (Å²) in [7, 11) is 4.60. The standard InChI is InChI=1S/C18H22N4O5/c1-24-14-6-4-5-13(17(14)26-3)20-18(23)22-8-7-12(11-22)27-16-10-19-9-15(21-16)25-2/h4-6,9-10,12H,7-8,11H2,1-3H3,(H,20,23). The highest BCUT2D eigenvalue weighted by Crippen LogP contribution is 2.35. The molecule has 144 valence electrons. The molecule has 2 heterocycles. The summed E-state index contributed by atoms with van der Waals surface area (Å²) in [5.74, 6) is 1.78. The maximum absolute atomic E-state index is 12.6. The van der Waals surface area contributed by atoms with Gasteiger partial charge in [0, 0.05) is 13.0 Å². The first-order valence-electron chi connectivity index (χ1n) is 8.44. The fourth-order valence-electron chi connectivity index (χ4n) is 2.85. The lowest BCUT2D eigenvalue weighted by molar-refractivity contribution is 0.188. The minimum absolute atomic E-state index is 0.163. The molecule has 1 saturated heterocycles. The second kappa shape index (κ2) is 8.43. The van der Waals surface area contributed by atoms with Gasteiger partial charge >= 0.3 is 6.03 Å². The van der Waals surface area contributed by atoms with Crippen molar-refractivity contribution in [3.63, 3.8) is 0 Å². The molecular formula is C18H22N4O5. The van der Waals surface area contributed by atoms with E-state index in [0.717, 1.165) is 0 Å². The number of amides is 2. The average Bonchev–Trinajstić information content (AvgIpc) is 3.16. The summed E-state index contributed by atoms with van der Waals surface area (Å²) in [4.78, 5) is 22.5. The van der Waals surface area contributed by atoms with E-state index in [1.54, 1.807) is 30.2 Å². The van der Waals surface area contributed by atoms with E-state index in [4.69, 9.17) is 18.9 Å². The third-order valence-corrected chi connectivity index (χ3v) is 4.16. The summed E-state index contributed by atoms with van der Waals surface area (Å²) in [6, 6.07) is 5.08. The highest BCUT2D eigenvalue weighted by Gasteiger charge is 2.28. The number of hydrogen-bond donors (Lipinski definition) is 1. The molecule has 3 rings (SSSR count). The van der Waals surface area contributed by atoms with Crippen LogP contribution in [0, 0.1) is 0 Å². The summed E-state index contributed by atoms with van der Waals surface area (Å²) in [5.41, 5.74) is 0.546. The number of rotatable bonds is 6. The maximum Gasteiger partial charge on any atom is 0.322 e. The molecule has 1 atom stereocenters. The number of nitrogens with zero attached hydrogens (tertiary/aromatic N) is 3. The number of anilines is 1. The van der Waals surface area contributed by atoms with Gasteiger partial charge in [-0.05, 0) is 12.1 Å². The van der Waals surface area contributed by atoms with Crippen LogP contribution in [-0.4, -0.2) is 61.4 Å². The van der Waals surface area contributed by atoms with E-state index in [-0.39, 0.29) is 12.1 Å². The molecule has 1 aliphatic rings. The molecule has 9 nitrogen and oxygen atoms in total. The van der Waals surface area contributed by atoms with Crippen molar-refractivity contribution in [1.82, 2.24) is 14.9 Å². The minimum atomic E-state index is -0.232. The normalized spacial score (nSPS) is 16.0. The molecule has 27 heavy (non-hydrogen) atoms. The molecule has 1 fully saturated rings. The van der Waals surface area contributed by atoms with Crippen LogP contribution in [0.25, 0.3) is 0 Å². The number of ether oxygens (including phenoxy) is 4. The second-order valence-corrected chi connectivity index (χ2v) is 5.85. The monoisotopic (exact) mass is 374 g/mol. The Bertz CT molecular complexity index is 801. The predicted molar refractivity (Wildman–Crippen MR) is 97.8 cm³/mol. The summed E-state index contributed by atoms with van der Waals surface area (Å²) in [6.07, 6.45) is 3.56. The third kappa shape index (κ3) is 4.30. The molecule has 1 aliphatic heterocycles. The number of methoxy groups -OCH3 is 3. The summed E-state index contributed by atoms with van der Waals surface area (Å²) in [5, 5.41) is 2.86. The smallest absolute Gasteiger partial charge is 0.322 e. The zero-order valence-electron chi connectivity index (χ0n) is 15.5. The van der Waals surface area contributed by atoms with Crippen LogP contribution in [-0.2, 0) is 0 Å². The van der Waals surface area contributed by atoms with Gasteiger partial charge in [0.25, 0.3) is 0 Å². The van der Waals surface area contributed by atoms with Gasteiger partial charge in [-0.2, -0.15) is 4.98 Å². The molecule has 1 aromatic carbocycles. The van der Waals surface area contributed by atoms with Crippen LogP contribution in [0.5, 0.6) is 23.3 Å². The first-order chi connectivity index (χ1) is 13.1. The Hall–Kier alpha value is -3.23. The molecule has 2 aromatic rings. The highest BCUT2D eigenvalue weighted by atomic mass is 16.5. The van der Waals surface area contributed by atoms with E-state index < -0.39 is 0 Å². The van der Waals surface area contributed by atoms with Gasteiger partial charge in [0.05, 0.1) is 46.0 Å². The third-order valence-electron chi connectivity index (χ3n) is 4.16. The van der Waals surface area contributed by atoms with Crippen LogP contribution in [0.2, 0.25) is 0 Å². The lowest BCUT2D eigenvalue weighted by atomic mass is 10.2. The van der Waals surface area contributed by atoms with Crippen LogP contribution in [0.4, 0.5) is 10.5 Å². The summed E-state index contributed by atoms with van der Waals surface area (Å²) in [6.45, 7) is 1.01. The van der Waals surface area contributed by atoms with Crippen molar-refractivity contribution in [2.45, 2.75) is 12.5 Å². The Morgan fingerprint density at radius 1 is 1.15 bits per heavy atom. The Labute approximate surface area is 157 Å². The lowest BCUT2D eigenvalue weighted by Crippen LogP contribution is -2.34. The van der Waals surface area contributed by atoms with Crippen molar-refractivity contribution >= 4 is 11.7 Å². The quantitative estimate of drug-likeness (QED) is 0.828. The fourth-order valence-corrected chi connectivity index (χ4v) is 2.85. The first kappa shape index (κ1) is 18.6. The molecule has 0 bridgehead atoms. The van der Waals surface area contributed by atoms with Crippen LogP contribution in [0.15, 0.2) is 30.6 Å². The average molecular weight is 374 g/mol. The molecule has 1 aromatic heterocycles. The molecule has 0 saturated carbocycles. The van der Waals surface area contributed by atoms with E-state index in [0.29, 0.717) is 48.5 Å². The van der Waals surface area contributed by atoms with Gasteiger partial charge < -0.3 is 29.2 Å². The van der Waals surface area contributed by atoms with E-state index >= 15 is 0 Å². The molecule has 0 spiro atoms. The number of hydrogen-bond acceptors (Lipinski definition) is 7. The molecule has 0 radical (unpaired) electrons. The topological polar surface area (TPSA) is 95.0 Å². The lowest BCUT2D eigenvalue weighted by Gasteiger charge is -2.19. The SMILES string of the molecule is COc1cncc(OC2CCN(C(=O)Nc3cccc(OC)c3OC)C2)n1. The van der Waals surface area contributed by atoms with Gasteiger partial charge in [0.2, 0.25) is 11.8 Å². The second-order valence-electron chi connectivity index (χ2n) is 5.85. The van der Waals surface area contributed by atoms with E-state index in [1.165, 1.54) is 26.6 Å². The van der Waals surface area contributed by atoms with Crippen molar-refractivity contribution in [2.24, 2.45) is 0 Å². The highest BCUT2D eigenvalue weighted by molar-refractivity contribution is 5.91. The number of likely N-dealkylation sites (tertiary alicyclic amines) is 1. The van der Waals surface area contributed by atoms with Gasteiger partial charge in [0.15, 0.2) is 11.5 Å². The van der Waals surface area contributed by atoms with Crippen molar-refractivity contribution in [2.75, 3.05) is 39.7 Å². The van der Waals surface area contributed by atoms with Crippen LogP contribution in [0.3, 0.4) is 0 Å². The number of aromatic nitrogens is 2. The molecule has 2 amide bonds. The Kier molecular flexibility index (Phi) is 5.80. The van der Waals surface area contributed by atoms with E-state index in [1.807, 2.05) is 0 Å². The van der Waals surface area contributed by atoms with Crippen molar-refractivity contribution in [3.8, 4) is 23.3 Å². The Morgan fingerprint density at radius 2 is 1.96 bits per heavy atom. The molecule has 9 heteroatoms. The van der Waals surface area contributed by atoms with Gasteiger partial charge in [-0.3, -0.25) is 4.98 Å². The zero-order valence-corrected chi connectivity index (χ0v) is 15.5. The van der Waals surface area contributed by atoms with Crippen molar-refractivity contribution in [3.05, 3.63) is 30.6 Å². The first-order valence-corrected chi connectivity index (χ1v) is 8.44. The molecule has 1 N–H and O–H groups in total. The summed E-state index contributed by atoms with van der Waals surface area (Å²) >= 11 is 0. The largest absolute Gasteiger partial charge is 0.493 e. The van der Waals surface area contributed by atoms with Crippen LogP contribution < -0.4 is 24.3 Å². The summed E-state index contributed by atoms with van der Waals surface area (Å²) < 4.78 is 21.4. The predicted octanol–water partition coefficient (Wildman–Crippen LogP) is 2.19. The van der Waals surface area contributed by atoms with Crippen LogP contribution in [0.1, 0.15) is 6.42 Å². The Balaban J connectivity index is 1.61. The van der Waals surface area contributed by atoms with Gasteiger partial charge in [-0.1, -0.05) is 6.07 Å². The number of carbonyl (C=O) groups excluding carboxylic acids is 1. The number of carbonyl (C=O) groups is 1. The molecule has 0 aliphatic carbocycles. The number of urea groups is 1. The van der Waals surface area contributed by atoms with Crippen molar-refractivity contribution in [1.29, 1.82) is 0 Å². The fraction of sp³-hybridized carbons (Fsp3) is 0.389. The van der Waals surface area contributed by atoms with Crippen molar-refractivity contribution < 1.29 is 23.7 Å². The van der Waals surface area contributed by atoms with E-state index in [2.05, 4.69) is 15.3 Å². The zero-order chi connectivity index (χ0) is 19.2. The Morgan fingerprint density at radius 3 is 2.70 bits per heavy atom. The minimum Gasteiger partial charge on any atom is -0.493 e. The van der Waals surface area contributed by atoms with Crippen LogP contribution >= 0.6 is 0 Å². The number of benzene rings is 1. The number of nitrogens with one attached hydrogen (secondary N) is 1. The number of para-hydroxylation sites is 1. The van der Waals surface area contributed by atoms with Gasteiger partial charge in [0.1, 0.15) is 6.10 Å². The maximum atomic E-state index is 12.6. The molecular weight excluding hydrogens is 352 g/mol. The molecule has 1 unspecified atom stereocenters.